The smallest absolute Gasteiger partial charge is 0.306 e. The van der Waals surface area contributed by atoms with E-state index < -0.39 is 29.9 Å². The van der Waals surface area contributed by atoms with Crippen molar-refractivity contribution >= 4 is 45.4 Å². The van der Waals surface area contributed by atoms with Gasteiger partial charge in [-0.1, -0.05) is 129 Å². The van der Waals surface area contributed by atoms with E-state index in [1.165, 1.54) is 5.56 Å². The molecule has 0 saturated heterocycles. The van der Waals surface area contributed by atoms with Crippen LogP contribution in [0.4, 0.5) is 0 Å². The molecular weight excluding hydrogens is 713 g/mol. The number of fused-ring (bicyclic) bond motifs is 2. The van der Waals surface area contributed by atoms with E-state index in [1.807, 2.05) is 109 Å². The summed E-state index contributed by atoms with van der Waals surface area (Å²) in [5, 5.41) is 6.18. The topological polar surface area (TPSA) is 124 Å². The first-order valence-corrected chi connectivity index (χ1v) is 19.9. The minimum atomic E-state index is -0.992. The molecule has 1 heterocycles. The molecule has 2 atom stereocenters. The molecule has 6 rings (SSSR count). The summed E-state index contributed by atoms with van der Waals surface area (Å²) in [5.74, 6) is -1.64. The molecule has 0 spiro atoms. The number of hydrogen-bond acceptors (Lipinski definition) is 5. The number of carbonyl (C=O) groups is 4. The van der Waals surface area contributed by atoms with E-state index in [0.29, 0.717) is 38.0 Å². The van der Waals surface area contributed by atoms with E-state index in [-0.39, 0.29) is 31.8 Å². The summed E-state index contributed by atoms with van der Waals surface area (Å²) < 4.78 is 7.49. The van der Waals surface area contributed by atoms with Gasteiger partial charge in [0.1, 0.15) is 18.3 Å². The predicted molar refractivity (Wildman–Crippen MR) is 225 cm³/mol. The van der Waals surface area contributed by atoms with Crippen LogP contribution in [0.5, 0.6) is 0 Å². The van der Waals surface area contributed by atoms with E-state index in [2.05, 4.69) is 42.6 Å². The standard InChI is InChI=1S/C48H52N4O5/c1-3-26-51(41(31-45(49)53)29-37-23-25-38-27-34(4-2)22-24-39(38)28-37)48(56)42(19-13-21-46(54)57-33-36-16-9-6-10-17-36)50-47(55)44-30-40-18-11-12-20-43(40)52(44)32-35-14-7-5-8-15-35/h5-12,14-18,20,22-25,27-28,30,41-42H,3-4,13,19,21,26,29,31-33H2,1-2H3,(H2,49,53)(H,50,55)/t41-,42-/m0/s1. The van der Waals surface area contributed by atoms with Crippen molar-refractivity contribution in [1.82, 2.24) is 14.8 Å². The van der Waals surface area contributed by atoms with Gasteiger partial charge in [-0.2, -0.15) is 0 Å². The fourth-order valence-electron chi connectivity index (χ4n) is 7.49. The Morgan fingerprint density at radius 2 is 1.39 bits per heavy atom. The summed E-state index contributed by atoms with van der Waals surface area (Å²) in [5.41, 5.74) is 11.3. The molecule has 3 N–H and O–H groups in total. The molecule has 9 nitrogen and oxygen atoms in total. The fraction of sp³-hybridized carbons (Fsp3) is 0.292. The molecule has 57 heavy (non-hydrogen) atoms. The van der Waals surface area contributed by atoms with Crippen molar-refractivity contribution in [1.29, 1.82) is 0 Å². The Morgan fingerprint density at radius 1 is 0.737 bits per heavy atom. The van der Waals surface area contributed by atoms with Gasteiger partial charge in [-0.15, -0.1) is 0 Å². The zero-order chi connectivity index (χ0) is 40.1. The summed E-state index contributed by atoms with van der Waals surface area (Å²) in [6, 6.07) is 40.1. The highest BCUT2D eigenvalue weighted by molar-refractivity contribution is 6.01. The van der Waals surface area contributed by atoms with E-state index in [0.717, 1.165) is 44.8 Å². The van der Waals surface area contributed by atoms with E-state index in [1.54, 1.807) is 4.90 Å². The Hall–Kier alpha value is -6.22. The van der Waals surface area contributed by atoms with Crippen molar-refractivity contribution in [2.45, 2.75) is 84.0 Å². The number of hydrogen-bond donors (Lipinski definition) is 2. The summed E-state index contributed by atoms with van der Waals surface area (Å²) in [7, 11) is 0. The molecule has 5 aromatic carbocycles. The molecule has 0 fully saturated rings. The number of primary amides is 1. The number of rotatable bonds is 19. The van der Waals surface area contributed by atoms with Crippen molar-refractivity contribution in [2.24, 2.45) is 5.73 Å². The number of esters is 1. The van der Waals surface area contributed by atoms with E-state index in [9.17, 15) is 19.2 Å². The lowest BCUT2D eigenvalue weighted by Crippen LogP contribution is -2.53. The summed E-state index contributed by atoms with van der Waals surface area (Å²) in [6.45, 7) is 5.06. The van der Waals surface area contributed by atoms with Gasteiger partial charge in [0.2, 0.25) is 11.8 Å². The maximum absolute atomic E-state index is 14.9. The minimum absolute atomic E-state index is 0.0453. The second-order valence-electron chi connectivity index (χ2n) is 14.7. The zero-order valence-electron chi connectivity index (χ0n) is 32.9. The van der Waals surface area contributed by atoms with Crippen LogP contribution < -0.4 is 11.1 Å². The molecule has 0 aliphatic heterocycles. The Balaban J connectivity index is 1.28. The molecule has 0 unspecified atom stereocenters. The third kappa shape index (κ3) is 10.8. The lowest BCUT2D eigenvalue weighted by molar-refractivity contribution is -0.145. The van der Waals surface area contributed by atoms with Crippen LogP contribution in [0.2, 0.25) is 0 Å². The van der Waals surface area contributed by atoms with E-state index in [4.69, 9.17) is 10.5 Å². The molecule has 0 saturated carbocycles. The highest BCUT2D eigenvalue weighted by Gasteiger charge is 2.32. The van der Waals surface area contributed by atoms with Crippen molar-refractivity contribution < 1.29 is 23.9 Å². The molecule has 0 bridgehead atoms. The lowest BCUT2D eigenvalue weighted by atomic mass is 9.96. The fourth-order valence-corrected chi connectivity index (χ4v) is 7.49. The summed E-state index contributed by atoms with van der Waals surface area (Å²) in [4.78, 5) is 56.4. The Labute approximate surface area is 334 Å². The van der Waals surface area contributed by atoms with Crippen LogP contribution in [0.15, 0.2) is 127 Å². The van der Waals surface area contributed by atoms with Gasteiger partial charge in [-0.25, -0.2) is 0 Å². The lowest BCUT2D eigenvalue weighted by Gasteiger charge is -2.34. The van der Waals surface area contributed by atoms with Crippen LogP contribution in [0.25, 0.3) is 21.7 Å². The summed E-state index contributed by atoms with van der Waals surface area (Å²) in [6.07, 6.45) is 2.46. The van der Waals surface area contributed by atoms with Gasteiger partial charge >= 0.3 is 5.97 Å². The third-order valence-corrected chi connectivity index (χ3v) is 10.4. The molecule has 9 heteroatoms. The maximum atomic E-state index is 14.9. The molecule has 1 aromatic heterocycles. The van der Waals surface area contributed by atoms with Crippen LogP contribution in [-0.2, 0) is 45.1 Å². The van der Waals surface area contributed by atoms with Gasteiger partial charge in [0.05, 0.1) is 0 Å². The number of para-hydroxylation sites is 1. The average Bonchev–Trinajstić information content (AvgIpc) is 3.59. The van der Waals surface area contributed by atoms with Crippen LogP contribution >= 0.6 is 0 Å². The second kappa shape index (κ2) is 19.6. The van der Waals surface area contributed by atoms with Gasteiger partial charge in [-0.05, 0) is 77.3 Å². The van der Waals surface area contributed by atoms with Crippen LogP contribution in [0.3, 0.4) is 0 Å². The van der Waals surface area contributed by atoms with Gasteiger partial charge in [0.15, 0.2) is 0 Å². The number of nitrogens with two attached hydrogens (primary N) is 1. The quantitative estimate of drug-likeness (QED) is 0.0807. The first kappa shape index (κ1) is 40.4. The number of carbonyl (C=O) groups excluding carboxylic acids is 4. The van der Waals surface area contributed by atoms with Crippen LogP contribution in [-0.4, -0.2) is 51.8 Å². The third-order valence-electron chi connectivity index (χ3n) is 10.4. The second-order valence-corrected chi connectivity index (χ2v) is 14.7. The Morgan fingerprint density at radius 3 is 2.07 bits per heavy atom. The average molecular weight is 765 g/mol. The first-order valence-electron chi connectivity index (χ1n) is 19.9. The van der Waals surface area contributed by atoms with Crippen molar-refractivity contribution in [3.63, 3.8) is 0 Å². The molecule has 3 amide bonds. The van der Waals surface area contributed by atoms with Gasteiger partial charge in [0.25, 0.3) is 5.91 Å². The van der Waals surface area contributed by atoms with Gasteiger partial charge < -0.3 is 25.3 Å². The first-order chi connectivity index (χ1) is 27.7. The predicted octanol–water partition coefficient (Wildman–Crippen LogP) is 8.14. The Kier molecular flexibility index (Phi) is 13.9. The molecule has 0 aliphatic carbocycles. The molecule has 6 aromatic rings. The number of amides is 3. The molecular formula is C48H52N4O5. The normalized spacial score (nSPS) is 12.2. The molecule has 0 radical (unpaired) electrons. The number of nitrogens with one attached hydrogen (secondary N) is 1. The largest absolute Gasteiger partial charge is 0.461 e. The monoisotopic (exact) mass is 764 g/mol. The number of ether oxygens (including phenoxy) is 1. The highest BCUT2D eigenvalue weighted by atomic mass is 16.5. The van der Waals surface area contributed by atoms with Crippen LogP contribution in [0, 0.1) is 0 Å². The maximum Gasteiger partial charge on any atom is 0.306 e. The number of nitrogens with zero attached hydrogens (tertiary/aromatic N) is 2. The molecule has 0 aliphatic rings. The van der Waals surface area contributed by atoms with E-state index >= 15 is 0 Å². The number of aryl methyl sites for hydroxylation is 1. The molecule has 294 valence electrons. The highest BCUT2D eigenvalue weighted by Crippen LogP contribution is 2.24. The van der Waals surface area contributed by atoms with Gasteiger partial charge in [0, 0.05) is 42.9 Å². The number of aromatic nitrogens is 1. The number of benzene rings is 5. The van der Waals surface area contributed by atoms with Crippen molar-refractivity contribution in [2.75, 3.05) is 6.54 Å². The minimum Gasteiger partial charge on any atom is -0.461 e. The van der Waals surface area contributed by atoms with Gasteiger partial charge in [-0.3, -0.25) is 19.2 Å². The van der Waals surface area contributed by atoms with Crippen LogP contribution in [0.1, 0.15) is 78.7 Å². The SMILES string of the molecule is CCCN(C(=O)[C@H](CCCC(=O)OCc1ccccc1)NC(=O)c1cc2ccccc2n1Cc1ccccc1)[C@H](CC(N)=O)Cc1ccc2cc(CC)ccc2c1. The van der Waals surface area contributed by atoms with Crippen molar-refractivity contribution in [3.8, 4) is 0 Å². The zero-order valence-corrected chi connectivity index (χ0v) is 32.9. The summed E-state index contributed by atoms with van der Waals surface area (Å²) >= 11 is 0. The Bertz CT molecular complexity index is 2300. The van der Waals surface area contributed by atoms with Crippen molar-refractivity contribution in [3.05, 3.63) is 155 Å².